The molecule has 0 radical (unpaired) electrons. The Bertz CT molecular complexity index is 650. The van der Waals surface area contributed by atoms with Crippen LogP contribution < -0.4 is 10.2 Å². The van der Waals surface area contributed by atoms with Crippen LogP contribution in [0, 0.1) is 17.1 Å². The number of halogens is 1. The lowest BCUT2D eigenvalue weighted by Crippen LogP contribution is -2.34. The normalized spacial score (nSPS) is 9.82. The summed E-state index contributed by atoms with van der Waals surface area (Å²) < 4.78 is 12.8. The van der Waals surface area contributed by atoms with Crippen molar-refractivity contribution in [2.24, 2.45) is 0 Å². The number of benzene rings is 2. The average Bonchev–Trinajstić information content (AvgIpc) is 2.54. The Morgan fingerprint density at radius 3 is 2.45 bits per heavy atom. The van der Waals surface area contributed by atoms with Crippen molar-refractivity contribution in [1.82, 2.24) is 0 Å². The van der Waals surface area contributed by atoms with Crippen molar-refractivity contribution in [3.63, 3.8) is 0 Å². The second kappa shape index (κ2) is 7.79. The summed E-state index contributed by atoms with van der Waals surface area (Å²) in [5, 5.41) is 11.5. The van der Waals surface area contributed by atoms with Gasteiger partial charge in [-0.1, -0.05) is 18.2 Å². The molecule has 4 nitrogen and oxygen atoms in total. The van der Waals surface area contributed by atoms with Gasteiger partial charge in [0.25, 0.3) is 0 Å². The Kier molecular flexibility index (Phi) is 5.50. The highest BCUT2D eigenvalue weighted by Crippen LogP contribution is 2.14. The number of rotatable bonds is 6. The number of carbonyl (C=O) groups is 1. The third-order valence-corrected chi connectivity index (χ3v) is 3.08. The molecule has 112 valence electrons. The molecule has 2 aromatic carbocycles. The lowest BCUT2D eigenvalue weighted by Gasteiger charge is -2.23. The fraction of sp³-hybridized carbons (Fsp3) is 0.176. The second-order valence-corrected chi connectivity index (χ2v) is 4.72. The van der Waals surface area contributed by atoms with Gasteiger partial charge in [0, 0.05) is 17.9 Å². The van der Waals surface area contributed by atoms with Crippen LogP contribution in [0.15, 0.2) is 54.6 Å². The smallest absolute Gasteiger partial charge is 0.243 e. The van der Waals surface area contributed by atoms with Crippen LogP contribution in [0.25, 0.3) is 0 Å². The molecule has 0 aliphatic heterocycles. The highest BCUT2D eigenvalue weighted by Gasteiger charge is 2.11. The molecule has 0 unspecified atom stereocenters. The SMILES string of the molecule is N#CCCN(CC(=O)Nc1ccc(F)cc1)c1ccccc1. The third-order valence-electron chi connectivity index (χ3n) is 3.08. The molecule has 0 heterocycles. The van der Waals surface area contributed by atoms with Gasteiger partial charge in [0.2, 0.25) is 5.91 Å². The molecule has 1 N–H and O–H groups in total. The van der Waals surface area contributed by atoms with Gasteiger partial charge in [-0.3, -0.25) is 4.79 Å². The number of anilines is 2. The Labute approximate surface area is 128 Å². The van der Waals surface area contributed by atoms with Crippen LogP contribution in [0.4, 0.5) is 15.8 Å². The van der Waals surface area contributed by atoms with Crippen molar-refractivity contribution in [2.75, 3.05) is 23.3 Å². The van der Waals surface area contributed by atoms with E-state index in [9.17, 15) is 9.18 Å². The first-order chi connectivity index (χ1) is 10.7. The number of nitrogens with zero attached hydrogens (tertiary/aromatic N) is 2. The summed E-state index contributed by atoms with van der Waals surface area (Å²) in [6.45, 7) is 0.598. The molecular weight excluding hydrogens is 281 g/mol. The minimum absolute atomic E-state index is 0.128. The van der Waals surface area contributed by atoms with E-state index in [-0.39, 0.29) is 18.3 Å². The summed E-state index contributed by atoms with van der Waals surface area (Å²) >= 11 is 0. The van der Waals surface area contributed by atoms with E-state index in [1.54, 1.807) is 0 Å². The van der Waals surface area contributed by atoms with Gasteiger partial charge in [0.05, 0.1) is 19.0 Å². The van der Waals surface area contributed by atoms with Crippen molar-refractivity contribution in [3.8, 4) is 6.07 Å². The molecule has 5 heteroatoms. The molecule has 0 aromatic heterocycles. The molecular formula is C17H16FN3O. The predicted molar refractivity (Wildman–Crippen MR) is 83.9 cm³/mol. The topological polar surface area (TPSA) is 56.1 Å². The monoisotopic (exact) mass is 297 g/mol. The summed E-state index contributed by atoms with van der Waals surface area (Å²) in [5.74, 6) is -0.564. The van der Waals surface area contributed by atoms with Gasteiger partial charge in [0.15, 0.2) is 0 Å². The third kappa shape index (κ3) is 4.60. The minimum atomic E-state index is -0.349. The minimum Gasteiger partial charge on any atom is -0.361 e. The zero-order valence-electron chi connectivity index (χ0n) is 12.0. The number of nitrogens with one attached hydrogen (secondary N) is 1. The van der Waals surface area contributed by atoms with Gasteiger partial charge < -0.3 is 10.2 Å². The highest BCUT2D eigenvalue weighted by molar-refractivity contribution is 5.94. The van der Waals surface area contributed by atoms with E-state index in [0.29, 0.717) is 18.7 Å². The van der Waals surface area contributed by atoms with Gasteiger partial charge >= 0.3 is 0 Å². The van der Waals surface area contributed by atoms with Crippen LogP contribution in [-0.2, 0) is 4.79 Å². The maximum absolute atomic E-state index is 12.8. The molecule has 0 spiro atoms. The van der Waals surface area contributed by atoms with Crippen molar-refractivity contribution in [2.45, 2.75) is 6.42 Å². The maximum Gasteiger partial charge on any atom is 0.243 e. The van der Waals surface area contributed by atoms with E-state index in [2.05, 4.69) is 11.4 Å². The molecule has 0 aliphatic carbocycles. The molecule has 2 rings (SSSR count). The fourth-order valence-electron chi connectivity index (χ4n) is 2.03. The van der Waals surface area contributed by atoms with E-state index in [1.807, 2.05) is 35.2 Å². The Hall–Kier alpha value is -2.87. The predicted octanol–water partition coefficient (Wildman–Crippen LogP) is 3.18. The molecule has 0 aliphatic rings. The van der Waals surface area contributed by atoms with Gasteiger partial charge in [-0.2, -0.15) is 5.26 Å². The summed E-state index contributed by atoms with van der Waals surface area (Å²) in [6, 6.07) is 17.1. The van der Waals surface area contributed by atoms with Gasteiger partial charge in [-0.15, -0.1) is 0 Å². The second-order valence-electron chi connectivity index (χ2n) is 4.72. The van der Waals surface area contributed by atoms with E-state index < -0.39 is 0 Å². The Morgan fingerprint density at radius 1 is 1.14 bits per heavy atom. The quantitative estimate of drug-likeness (QED) is 0.891. The summed E-state index contributed by atoms with van der Waals surface area (Å²) in [7, 11) is 0. The van der Waals surface area contributed by atoms with E-state index in [1.165, 1.54) is 24.3 Å². The molecule has 2 aromatic rings. The zero-order valence-corrected chi connectivity index (χ0v) is 12.0. The summed E-state index contributed by atoms with van der Waals surface area (Å²) in [6.07, 6.45) is 0.332. The number of carbonyl (C=O) groups excluding carboxylic acids is 1. The number of hydrogen-bond acceptors (Lipinski definition) is 3. The number of nitriles is 1. The lowest BCUT2D eigenvalue weighted by molar-refractivity contribution is -0.115. The maximum atomic E-state index is 12.8. The van der Waals surface area contributed by atoms with Gasteiger partial charge in [-0.05, 0) is 36.4 Å². The summed E-state index contributed by atoms with van der Waals surface area (Å²) in [4.78, 5) is 14.0. The van der Waals surface area contributed by atoms with Crippen LogP contribution in [0.3, 0.4) is 0 Å². The fourth-order valence-corrected chi connectivity index (χ4v) is 2.03. The van der Waals surface area contributed by atoms with Crippen molar-refractivity contribution in [3.05, 3.63) is 60.4 Å². The molecule has 0 saturated carbocycles. The van der Waals surface area contributed by atoms with E-state index in [4.69, 9.17) is 5.26 Å². The Morgan fingerprint density at radius 2 is 1.82 bits per heavy atom. The van der Waals surface area contributed by atoms with Crippen LogP contribution >= 0.6 is 0 Å². The molecule has 0 bridgehead atoms. The van der Waals surface area contributed by atoms with Gasteiger partial charge in [0.1, 0.15) is 5.82 Å². The largest absolute Gasteiger partial charge is 0.361 e. The molecule has 1 amide bonds. The van der Waals surface area contributed by atoms with Crippen LogP contribution in [0.1, 0.15) is 6.42 Å². The summed E-state index contributed by atoms with van der Waals surface area (Å²) in [5.41, 5.74) is 1.42. The Balaban J connectivity index is 2.01. The van der Waals surface area contributed by atoms with Crippen molar-refractivity contribution in [1.29, 1.82) is 5.26 Å². The van der Waals surface area contributed by atoms with E-state index >= 15 is 0 Å². The number of amides is 1. The first-order valence-electron chi connectivity index (χ1n) is 6.91. The van der Waals surface area contributed by atoms with Gasteiger partial charge in [-0.25, -0.2) is 4.39 Å². The highest BCUT2D eigenvalue weighted by atomic mass is 19.1. The average molecular weight is 297 g/mol. The van der Waals surface area contributed by atoms with Crippen LogP contribution in [-0.4, -0.2) is 19.0 Å². The van der Waals surface area contributed by atoms with Crippen LogP contribution in [0.2, 0.25) is 0 Å². The molecule has 0 fully saturated rings. The van der Waals surface area contributed by atoms with Crippen LogP contribution in [0.5, 0.6) is 0 Å². The first kappa shape index (κ1) is 15.5. The van der Waals surface area contributed by atoms with Crippen molar-refractivity contribution >= 4 is 17.3 Å². The molecule has 22 heavy (non-hydrogen) atoms. The lowest BCUT2D eigenvalue weighted by atomic mass is 10.2. The number of hydrogen-bond donors (Lipinski definition) is 1. The van der Waals surface area contributed by atoms with Crippen molar-refractivity contribution < 1.29 is 9.18 Å². The zero-order chi connectivity index (χ0) is 15.8. The first-order valence-corrected chi connectivity index (χ1v) is 6.91. The number of para-hydroxylation sites is 1. The molecule has 0 saturated heterocycles. The molecule has 0 atom stereocenters. The van der Waals surface area contributed by atoms with E-state index in [0.717, 1.165) is 5.69 Å². The standard InChI is InChI=1S/C17H16FN3O/c18-14-7-9-15(10-8-14)20-17(22)13-21(12-4-11-19)16-5-2-1-3-6-16/h1-3,5-10H,4,12-13H2,(H,20,22).